The highest BCUT2D eigenvalue weighted by atomic mass is 14.9. The molecule has 1 atom stereocenters. The zero-order valence-electron chi connectivity index (χ0n) is 11.8. The zero-order chi connectivity index (χ0) is 13.6. The van der Waals surface area contributed by atoms with Crippen LogP contribution >= 0.6 is 0 Å². The van der Waals surface area contributed by atoms with Crippen molar-refractivity contribution in [2.24, 2.45) is 5.92 Å². The lowest BCUT2D eigenvalue weighted by molar-refractivity contribution is 0.465. The van der Waals surface area contributed by atoms with E-state index < -0.39 is 0 Å². The molecule has 3 nitrogen and oxygen atoms in total. The highest BCUT2D eigenvalue weighted by Crippen LogP contribution is 2.24. The Morgan fingerprint density at radius 3 is 2.75 bits per heavy atom. The minimum atomic E-state index is 0.726. The summed E-state index contributed by atoms with van der Waals surface area (Å²) in [6, 6.07) is 10.4. The van der Waals surface area contributed by atoms with Gasteiger partial charge in [-0.3, -0.25) is 9.97 Å². The van der Waals surface area contributed by atoms with Crippen LogP contribution in [-0.4, -0.2) is 23.1 Å². The van der Waals surface area contributed by atoms with Gasteiger partial charge in [-0.15, -0.1) is 0 Å². The fourth-order valence-electron chi connectivity index (χ4n) is 2.92. The number of aromatic nitrogens is 2. The van der Waals surface area contributed by atoms with Gasteiger partial charge in [-0.2, -0.15) is 0 Å². The van der Waals surface area contributed by atoms with E-state index in [9.17, 15) is 0 Å². The lowest BCUT2D eigenvalue weighted by Crippen LogP contribution is -2.14. The summed E-state index contributed by atoms with van der Waals surface area (Å²) in [5.74, 6) is 0.726. The number of hydrogen-bond donors (Lipinski definition) is 1. The summed E-state index contributed by atoms with van der Waals surface area (Å²) >= 11 is 0. The van der Waals surface area contributed by atoms with Gasteiger partial charge in [-0.05, 0) is 44.7 Å². The largest absolute Gasteiger partial charge is 0.317 e. The number of nitrogens with one attached hydrogen (secondary N) is 1. The van der Waals surface area contributed by atoms with Crippen LogP contribution in [0.4, 0.5) is 0 Å². The quantitative estimate of drug-likeness (QED) is 0.928. The Labute approximate surface area is 120 Å². The fraction of sp³-hybridized carbons (Fsp3) is 0.412. The third-order valence-corrected chi connectivity index (χ3v) is 4.00. The molecule has 1 saturated heterocycles. The standard InChI is InChI=1S/C17H21N3/c1-2-6-15(7-3-1)17-16(19-11-12-20-17)13-14-5-4-9-18-10-8-14/h1-3,6-7,11-12,14,18H,4-5,8-10,13H2/t14-/m1/s1. The van der Waals surface area contributed by atoms with Crippen LogP contribution in [0.2, 0.25) is 0 Å². The fourth-order valence-corrected chi connectivity index (χ4v) is 2.92. The van der Waals surface area contributed by atoms with E-state index in [0.717, 1.165) is 36.8 Å². The van der Waals surface area contributed by atoms with Gasteiger partial charge in [-0.1, -0.05) is 30.3 Å². The molecule has 1 aliphatic rings. The third-order valence-electron chi connectivity index (χ3n) is 4.00. The normalized spacial score (nSPS) is 19.5. The number of nitrogens with zero attached hydrogens (tertiary/aromatic N) is 2. The minimum Gasteiger partial charge on any atom is -0.317 e. The van der Waals surface area contributed by atoms with E-state index >= 15 is 0 Å². The van der Waals surface area contributed by atoms with Crippen LogP contribution in [0.25, 0.3) is 11.3 Å². The molecule has 1 fully saturated rings. The second-order valence-corrected chi connectivity index (χ2v) is 5.47. The van der Waals surface area contributed by atoms with Crippen molar-refractivity contribution in [2.75, 3.05) is 13.1 Å². The molecule has 0 bridgehead atoms. The molecule has 104 valence electrons. The van der Waals surface area contributed by atoms with Crippen LogP contribution in [-0.2, 0) is 6.42 Å². The van der Waals surface area contributed by atoms with Crippen molar-refractivity contribution in [1.29, 1.82) is 0 Å². The smallest absolute Gasteiger partial charge is 0.0917 e. The molecule has 1 N–H and O–H groups in total. The Bertz CT molecular complexity index is 531. The average molecular weight is 267 g/mol. The van der Waals surface area contributed by atoms with Gasteiger partial charge in [0.1, 0.15) is 0 Å². The van der Waals surface area contributed by atoms with Crippen LogP contribution in [0.15, 0.2) is 42.7 Å². The molecule has 2 heterocycles. The van der Waals surface area contributed by atoms with E-state index in [1.807, 2.05) is 12.3 Å². The van der Waals surface area contributed by atoms with Gasteiger partial charge in [0.15, 0.2) is 0 Å². The Morgan fingerprint density at radius 2 is 1.85 bits per heavy atom. The lowest BCUT2D eigenvalue weighted by Gasteiger charge is -2.15. The highest BCUT2D eigenvalue weighted by molar-refractivity contribution is 5.61. The van der Waals surface area contributed by atoms with Gasteiger partial charge in [0.25, 0.3) is 0 Å². The van der Waals surface area contributed by atoms with Crippen LogP contribution in [0.3, 0.4) is 0 Å². The van der Waals surface area contributed by atoms with Crippen LogP contribution in [0, 0.1) is 5.92 Å². The Morgan fingerprint density at radius 1 is 1.00 bits per heavy atom. The molecule has 0 unspecified atom stereocenters. The number of rotatable bonds is 3. The molecule has 0 saturated carbocycles. The molecule has 1 aromatic carbocycles. The summed E-state index contributed by atoms with van der Waals surface area (Å²) < 4.78 is 0. The third kappa shape index (κ3) is 3.23. The number of benzene rings is 1. The zero-order valence-corrected chi connectivity index (χ0v) is 11.8. The highest BCUT2D eigenvalue weighted by Gasteiger charge is 2.16. The Hall–Kier alpha value is -1.74. The molecular formula is C17H21N3. The molecule has 0 amide bonds. The van der Waals surface area contributed by atoms with E-state index in [2.05, 4.69) is 39.6 Å². The van der Waals surface area contributed by atoms with Gasteiger partial charge >= 0.3 is 0 Å². The summed E-state index contributed by atoms with van der Waals surface area (Å²) in [6.07, 6.45) is 8.45. The first-order valence-corrected chi connectivity index (χ1v) is 7.49. The monoisotopic (exact) mass is 267 g/mol. The summed E-state index contributed by atoms with van der Waals surface area (Å²) in [5.41, 5.74) is 3.36. The van der Waals surface area contributed by atoms with Crippen molar-refractivity contribution in [2.45, 2.75) is 25.7 Å². The molecule has 0 spiro atoms. The summed E-state index contributed by atoms with van der Waals surface area (Å²) in [5, 5.41) is 3.47. The summed E-state index contributed by atoms with van der Waals surface area (Å²) in [7, 11) is 0. The van der Waals surface area contributed by atoms with Crippen molar-refractivity contribution >= 4 is 0 Å². The topological polar surface area (TPSA) is 37.8 Å². The second-order valence-electron chi connectivity index (χ2n) is 5.47. The Balaban J connectivity index is 1.82. The maximum absolute atomic E-state index is 4.60. The van der Waals surface area contributed by atoms with Crippen LogP contribution in [0.1, 0.15) is 25.0 Å². The van der Waals surface area contributed by atoms with Crippen molar-refractivity contribution in [3.8, 4) is 11.3 Å². The van der Waals surface area contributed by atoms with E-state index in [-0.39, 0.29) is 0 Å². The molecule has 3 heteroatoms. The van der Waals surface area contributed by atoms with E-state index in [0.29, 0.717) is 0 Å². The molecule has 20 heavy (non-hydrogen) atoms. The average Bonchev–Trinajstić information content (AvgIpc) is 2.77. The summed E-state index contributed by atoms with van der Waals surface area (Å²) in [4.78, 5) is 9.16. The molecular weight excluding hydrogens is 246 g/mol. The van der Waals surface area contributed by atoms with Gasteiger partial charge in [0.05, 0.1) is 11.4 Å². The predicted molar refractivity (Wildman–Crippen MR) is 81.4 cm³/mol. The predicted octanol–water partition coefficient (Wildman–Crippen LogP) is 3.08. The summed E-state index contributed by atoms with van der Waals surface area (Å²) in [6.45, 7) is 2.29. The van der Waals surface area contributed by atoms with Crippen molar-refractivity contribution in [3.63, 3.8) is 0 Å². The second kappa shape index (κ2) is 6.62. The minimum absolute atomic E-state index is 0.726. The van der Waals surface area contributed by atoms with Gasteiger partial charge in [-0.25, -0.2) is 0 Å². The van der Waals surface area contributed by atoms with Crippen LogP contribution in [0.5, 0.6) is 0 Å². The van der Waals surface area contributed by atoms with E-state index in [1.165, 1.54) is 24.8 Å². The molecule has 1 aliphatic heterocycles. The Kier molecular flexibility index (Phi) is 4.38. The van der Waals surface area contributed by atoms with E-state index in [1.54, 1.807) is 6.20 Å². The molecule has 1 aromatic heterocycles. The van der Waals surface area contributed by atoms with Crippen molar-refractivity contribution in [1.82, 2.24) is 15.3 Å². The molecule has 0 radical (unpaired) electrons. The van der Waals surface area contributed by atoms with Crippen molar-refractivity contribution < 1.29 is 0 Å². The van der Waals surface area contributed by atoms with Crippen LogP contribution < -0.4 is 5.32 Å². The maximum Gasteiger partial charge on any atom is 0.0917 e. The molecule has 0 aliphatic carbocycles. The SMILES string of the molecule is c1ccc(-c2nccnc2C[C@@H]2CCCNCC2)cc1. The lowest BCUT2D eigenvalue weighted by atomic mass is 9.93. The van der Waals surface area contributed by atoms with E-state index in [4.69, 9.17) is 0 Å². The van der Waals surface area contributed by atoms with Gasteiger partial charge < -0.3 is 5.32 Å². The van der Waals surface area contributed by atoms with Gasteiger partial charge in [0, 0.05) is 18.0 Å². The molecule has 3 rings (SSSR count). The first kappa shape index (κ1) is 13.3. The first-order valence-electron chi connectivity index (χ1n) is 7.49. The molecule has 2 aromatic rings. The number of hydrogen-bond acceptors (Lipinski definition) is 3. The maximum atomic E-state index is 4.60. The van der Waals surface area contributed by atoms with Gasteiger partial charge in [0.2, 0.25) is 0 Å². The van der Waals surface area contributed by atoms with Crippen molar-refractivity contribution in [3.05, 3.63) is 48.4 Å². The first-order chi connectivity index (χ1) is 9.93.